The molecule has 0 aromatic rings. The summed E-state index contributed by atoms with van der Waals surface area (Å²) in [5.41, 5.74) is 0. The number of hydrogen-bond donors (Lipinski definition) is 0. The lowest BCUT2D eigenvalue weighted by Crippen LogP contribution is -2.30. The Labute approximate surface area is 473 Å². The number of carbonyl (C=O) groups is 3. The van der Waals surface area contributed by atoms with E-state index in [1.807, 2.05) is 0 Å². The summed E-state index contributed by atoms with van der Waals surface area (Å²) in [6, 6.07) is 0. The summed E-state index contributed by atoms with van der Waals surface area (Å²) in [6.07, 6.45) is 81.7. The predicted octanol–water partition coefficient (Wildman–Crippen LogP) is 22.9. The van der Waals surface area contributed by atoms with Crippen molar-refractivity contribution < 1.29 is 28.6 Å². The fourth-order valence-electron chi connectivity index (χ4n) is 9.95. The first-order chi connectivity index (χ1) is 37.5. The molecule has 444 valence electrons. The maximum Gasteiger partial charge on any atom is 0.306 e. The highest BCUT2D eigenvalue weighted by Gasteiger charge is 2.19. The second-order valence-corrected chi connectivity index (χ2v) is 22.7. The van der Waals surface area contributed by atoms with E-state index in [2.05, 4.69) is 69.4 Å². The Hall–Kier alpha value is -2.63. The van der Waals surface area contributed by atoms with Crippen molar-refractivity contribution in [2.45, 2.75) is 367 Å². The maximum atomic E-state index is 12.8. The Balaban J connectivity index is 3.96. The third-order valence-electron chi connectivity index (χ3n) is 15.0. The van der Waals surface area contributed by atoms with Crippen LogP contribution in [-0.4, -0.2) is 37.2 Å². The zero-order chi connectivity index (χ0) is 55.0. The van der Waals surface area contributed by atoms with Crippen LogP contribution < -0.4 is 0 Å². The first-order valence-corrected chi connectivity index (χ1v) is 33.6. The van der Waals surface area contributed by atoms with Gasteiger partial charge >= 0.3 is 17.9 Å². The molecule has 0 fully saturated rings. The molecule has 0 bridgehead atoms. The van der Waals surface area contributed by atoms with E-state index in [4.69, 9.17) is 14.2 Å². The normalized spacial score (nSPS) is 12.3. The van der Waals surface area contributed by atoms with E-state index in [9.17, 15) is 14.4 Å². The van der Waals surface area contributed by atoms with E-state index in [1.165, 1.54) is 218 Å². The summed E-state index contributed by atoms with van der Waals surface area (Å²) in [5.74, 6) is -0.888. The lowest BCUT2D eigenvalue weighted by atomic mass is 10.0. The first kappa shape index (κ1) is 73.4. The SMILES string of the molecule is CCC/C=C\C/C=C\CCCCCCCC(=O)OC(COC(=O)CCCCCCC/C=C\CCC)COC(=O)CCCCCCCCCCCCCCCCCCCCCCCCC/C=C\CCCCCCCCCC. The fourth-order valence-corrected chi connectivity index (χ4v) is 9.95. The number of allylic oxidation sites excluding steroid dienone is 8. The zero-order valence-corrected chi connectivity index (χ0v) is 51.0. The molecule has 0 saturated carbocycles. The minimum absolute atomic E-state index is 0.0784. The summed E-state index contributed by atoms with van der Waals surface area (Å²) in [6.45, 7) is 6.53. The smallest absolute Gasteiger partial charge is 0.306 e. The molecule has 76 heavy (non-hydrogen) atoms. The molecule has 0 heterocycles. The van der Waals surface area contributed by atoms with E-state index < -0.39 is 6.10 Å². The van der Waals surface area contributed by atoms with Gasteiger partial charge in [-0.2, -0.15) is 0 Å². The van der Waals surface area contributed by atoms with Crippen molar-refractivity contribution in [2.75, 3.05) is 13.2 Å². The van der Waals surface area contributed by atoms with Gasteiger partial charge < -0.3 is 14.2 Å². The molecule has 0 spiro atoms. The van der Waals surface area contributed by atoms with E-state index in [-0.39, 0.29) is 31.1 Å². The average molecular weight is 1070 g/mol. The summed E-state index contributed by atoms with van der Waals surface area (Å²) in [5, 5.41) is 0. The summed E-state index contributed by atoms with van der Waals surface area (Å²) < 4.78 is 16.8. The van der Waals surface area contributed by atoms with Crippen LogP contribution in [0.3, 0.4) is 0 Å². The van der Waals surface area contributed by atoms with Gasteiger partial charge in [-0.3, -0.25) is 14.4 Å². The van der Waals surface area contributed by atoms with Gasteiger partial charge in [0, 0.05) is 19.3 Å². The standard InChI is InChI=1S/C70H128O6/c1-4-7-10-13-16-19-22-24-25-26-27-28-29-30-31-32-33-34-35-36-37-38-39-40-41-42-43-44-45-47-48-51-54-57-60-63-69(72)75-66-67(65-74-68(71)62-59-56-53-50-21-18-15-12-9-6-3)76-70(73)64-61-58-55-52-49-46-23-20-17-14-11-8-5-2/h11-12,14-15,20,23,26-27,67H,4-10,13,16-19,21-22,24-25,28-66H2,1-3H3/b14-11-,15-12-,23-20-,27-26-. The van der Waals surface area contributed by atoms with Gasteiger partial charge in [-0.05, 0) is 89.9 Å². The van der Waals surface area contributed by atoms with Crippen LogP contribution in [0.2, 0.25) is 0 Å². The lowest BCUT2D eigenvalue weighted by Gasteiger charge is -2.18. The van der Waals surface area contributed by atoms with Gasteiger partial charge in [0.25, 0.3) is 0 Å². The van der Waals surface area contributed by atoms with E-state index >= 15 is 0 Å². The van der Waals surface area contributed by atoms with Gasteiger partial charge in [0.2, 0.25) is 0 Å². The minimum atomic E-state index is -0.781. The van der Waals surface area contributed by atoms with Crippen LogP contribution in [0.25, 0.3) is 0 Å². The molecule has 0 amide bonds. The van der Waals surface area contributed by atoms with E-state index in [0.717, 1.165) is 103 Å². The van der Waals surface area contributed by atoms with Crippen molar-refractivity contribution in [3.63, 3.8) is 0 Å². The van der Waals surface area contributed by atoms with Gasteiger partial charge in [0.1, 0.15) is 13.2 Å². The van der Waals surface area contributed by atoms with Crippen LogP contribution >= 0.6 is 0 Å². The van der Waals surface area contributed by atoms with Crippen molar-refractivity contribution in [3.8, 4) is 0 Å². The zero-order valence-electron chi connectivity index (χ0n) is 51.0. The molecule has 0 aliphatic heterocycles. The Bertz CT molecular complexity index is 1310. The highest BCUT2D eigenvalue weighted by molar-refractivity contribution is 5.71. The molecule has 0 aliphatic carbocycles. The largest absolute Gasteiger partial charge is 0.462 e. The molecule has 1 atom stereocenters. The molecule has 0 aromatic heterocycles. The Morgan fingerprint density at radius 1 is 0.263 bits per heavy atom. The summed E-state index contributed by atoms with van der Waals surface area (Å²) in [7, 11) is 0. The maximum absolute atomic E-state index is 12.8. The number of rotatable bonds is 62. The van der Waals surface area contributed by atoms with Crippen molar-refractivity contribution in [1.82, 2.24) is 0 Å². The first-order valence-electron chi connectivity index (χ1n) is 33.6. The molecule has 1 unspecified atom stereocenters. The lowest BCUT2D eigenvalue weighted by molar-refractivity contribution is -0.167. The highest BCUT2D eigenvalue weighted by atomic mass is 16.6. The number of unbranched alkanes of at least 4 members (excludes halogenated alkanes) is 43. The second kappa shape index (κ2) is 64.9. The van der Waals surface area contributed by atoms with Gasteiger partial charge in [0.15, 0.2) is 6.10 Å². The molecule has 6 heteroatoms. The molecule has 0 aliphatic rings. The molecular weight excluding hydrogens is 937 g/mol. The minimum Gasteiger partial charge on any atom is -0.462 e. The molecule has 0 radical (unpaired) electrons. The number of esters is 3. The van der Waals surface area contributed by atoms with Crippen LogP contribution in [-0.2, 0) is 28.6 Å². The topological polar surface area (TPSA) is 78.9 Å². The molecule has 0 aromatic carbocycles. The predicted molar refractivity (Wildman–Crippen MR) is 330 cm³/mol. The van der Waals surface area contributed by atoms with Crippen LogP contribution in [0.4, 0.5) is 0 Å². The molecular formula is C70H128O6. The average Bonchev–Trinajstić information content (AvgIpc) is 3.42. The Morgan fingerprint density at radius 2 is 0.500 bits per heavy atom. The van der Waals surface area contributed by atoms with Gasteiger partial charge in [-0.25, -0.2) is 0 Å². The fraction of sp³-hybridized carbons (Fsp3) is 0.843. The number of ether oxygens (including phenoxy) is 3. The van der Waals surface area contributed by atoms with Gasteiger partial charge in [0.05, 0.1) is 0 Å². The van der Waals surface area contributed by atoms with Crippen molar-refractivity contribution in [3.05, 3.63) is 48.6 Å². The Morgan fingerprint density at radius 3 is 0.803 bits per heavy atom. The third-order valence-corrected chi connectivity index (χ3v) is 15.0. The second-order valence-electron chi connectivity index (χ2n) is 22.7. The van der Waals surface area contributed by atoms with Crippen molar-refractivity contribution >= 4 is 17.9 Å². The van der Waals surface area contributed by atoms with Crippen molar-refractivity contribution in [2.24, 2.45) is 0 Å². The van der Waals surface area contributed by atoms with Gasteiger partial charge in [-0.15, -0.1) is 0 Å². The van der Waals surface area contributed by atoms with E-state index in [1.54, 1.807) is 0 Å². The quantitative estimate of drug-likeness (QED) is 0.0261. The molecule has 0 N–H and O–H groups in total. The monoisotopic (exact) mass is 1060 g/mol. The number of hydrogen-bond acceptors (Lipinski definition) is 6. The van der Waals surface area contributed by atoms with Crippen molar-refractivity contribution in [1.29, 1.82) is 0 Å². The molecule has 0 rings (SSSR count). The highest BCUT2D eigenvalue weighted by Crippen LogP contribution is 2.18. The van der Waals surface area contributed by atoms with Crippen LogP contribution in [0.15, 0.2) is 48.6 Å². The summed E-state index contributed by atoms with van der Waals surface area (Å²) in [4.78, 5) is 38.1. The third kappa shape index (κ3) is 62.2. The number of carbonyl (C=O) groups excluding carboxylic acids is 3. The summed E-state index contributed by atoms with van der Waals surface area (Å²) >= 11 is 0. The van der Waals surface area contributed by atoms with Crippen LogP contribution in [0.5, 0.6) is 0 Å². The van der Waals surface area contributed by atoms with Crippen LogP contribution in [0, 0.1) is 0 Å². The molecule has 0 saturated heterocycles. The Kier molecular flexibility index (Phi) is 62.6. The molecule has 6 nitrogen and oxygen atoms in total. The van der Waals surface area contributed by atoms with E-state index in [0.29, 0.717) is 19.3 Å². The van der Waals surface area contributed by atoms with Gasteiger partial charge in [-0.1, -0.05) is 301 Å². The van der Waals surface area contributed by atoms with Crippen LogP contribution in [0.1, 0.15) is 361 Å².